The van der Waals surface area contributed by atoms with Crippen LogP contribution in [0.4, 0.5) is 18.0 Å². The first-order valence-electron chi connectivity index (χ1n) is 16.5. The highest BCUT2D eigenvalue weighted by Crippen LogP contribution is 2.39. The number of amides is 3. The van der Waals surface area contributed by atoms with Crippen molar-refractivity contribution < 1.29 is 32.2 Å². The number of hydrogen-bond acceptors (Lipinski definition) is 5. The fraction of sp³-hybridized carbons (Fsp3) is 0.600. The van der Waals surface area contributed by atoms with Gasteiger partial charge in [0.05, 0.1) is 24.8 Å². The van der Waals surface area contributed by atoms with E-state index < -0.39 is 11.7 Å². The number of rotatable bonds is 6. The van der Waals surface area contributed by atoms with Gasteiger partial charge in [0, 0.05) is 64.2 Å². The molecule has 0 N–H and O–H groups in total. The quantitative estimate of drug-likeness (QED) is 0.389. The molecule has 2 aromatic rings. The van der Waals surface area contributed by atoms with Crippen molar-refractivity contribution in [1.29, 1.82) is 0 Å². The predicted octanol–water partition coefficient (Wildman–Crippen LogP) is 5.97. The Morgan fingerprint density at radius 1 is 0.870 bits per heavy atom. The second-order valence-corrected chi connectivity index (χ2v) is 13.5. The van der Waals surface area contributed by atoms with Crippen LogP contribution < -0.4 is 0 Å². The zero-order chi connectivity index (χ0) is 32.6. The lowest BCUT2D eigenvalue weighted by Gasteiger charge is -2.39. The molecule has 250 valence electrons. The van der Waals surface area contributed by atoms with Crippen LogP contribution in [-0.4, -0.2) is 109 Å². The Morgan fingerprint density at radius 3 is 2.09 bits per heavy atom. The van der Waals surface area contributed by atoms with Gasteiger partial charge in [-0.2, -0.15) is 13.2 Å². The van der Waals surface area contributed by atoms with E-state index in [-0.39, 0.29) is 29.8 Å². The van der Waals surface area contributed by atoms with E-state index in [4.69, 9.17) is 9.47 Å². The second kappa shape index (κ2) is 13.2. The van der Waals surface area contributed by atoms with Crippen LogP contribution in [0.1, 0.15) is 61.4 Å². The molecule has 3 unspecified atom stereocenters. The molecule has 3 saturated heterocycles. The summed E-state index contributed by atoms with van der Waals surface area (Å²) in [6, 6.07) is 12.4. The van der Waals surface area contributed by atoms with Gasteiger partial charge in [0.2, 0.25) is 0 Å². The van der Waals surface area contributed by atoms with Gasteiger partial charge >= 0.3 is 12.2 Å². The molecule has 0 aromatic heterocycles. The van der Waals surface area contributed by atoms with Crippen molar-refractivity contribution in [2.24, 2.45) is 5.92 Å². The highest BCUT2D eigenvalue weighted by atomic mass is 19.4. The summed E-state index contributed by atoms with van der Waals surface area (Å²) in [5.41, 5.74) is 1.17. The molecular weight excluding hydrogens is 597 g/mol. The van der Waals surface area contributed by atoms with E-state index in [0.717, 1.165) is 62.9 Å². The van der Waals surface area contributed by atoms with E-state index >= 15 is 0 Å². The van der Waals surface area contributed by atoms with E-state index in [9.17, 15) is 22.8 Å². The van der Waals surface area contributed by atoms with Gasteiger partial charge in [0.1, 0.15) is 0 Å². The normalized spacial score (nSPS) is 24.4. The SMILES string of the molecule is CC(C1CCN(C2CCC3(CC2)OCCO3)C1)N(C)C(=O)N1CCC(N(C)C(=O)c2ccc(-c3ccc(C(F)(F)F)cc3)cc2)C1. The number of benzene rings is 2. The van der Waals surface area contributed by atoms with Crippen molar-refractivity contribution in [3.05, 3.63) is 59.7 Å². The molecule has 3 aliphatic heterocycles. The molecule has 8 nitrogen and oxygen atoms in total. The minimum atomic E-state index is -4.38. The summed E-state index contributed by atoms with van der Waals surface area (Å²) in [5.74, 6) is -0.0760. The molecule has 1 aliphatic carbocycles. The first kappa shape index (κ1) is 32.8. The lowest BCUT2D eigenvalue weighted by atomic mass is 9.89. The van der Waals surface area contributed by atoms with Crippen LogP contribution in [0, 0.1) is 5.92 Å². The number of hydrogen-bond donors (Lipinski definition) is 0. The molecule has 4 fully saturated rings. The van der Waals surface area contributed by atoms with Crippen LogP contribution in [0.3, 0.4) is 0 Å². The van der Waals surface area contributed by atoms with Crippen molar-refractivity contribution in [3.8, 4) is 11.1 Å². The number of halogens is 3. The van der Waals surface area contributed by atoms with Gasteiger partial charge in [-0.25, -0.2) is 4.79 Å². The number of carbonyl (C=O) groups is 2. The summed E-state index contributed by atoms with van der Waals surface area (Å²) < 4.78 is 50.5. The first-order chi connectivity index (χ1) is 21.9. The van der Waals surface area contributed by atoms with Crippen LogP contribution in [0.25, 0.3) is 11.1 Å². The standard InChI is InChI=1S/C35H45F3N4O4/c1-24(28-14-18-41(22-28)30-12-16-34(17-13-30)45-20-21-46-34)39(2)33(44)42-19-15-31(23-42)40(3)32(43)27-6-4-25(5-7-27)26-8-10-29(11-9-26)35(36,37)38/h4-11,24,28,30-31H,12-23H2,1-3H3. The maximum absolute atomic E-state index is 13.6. The summed E-state index contributed by atoms with van der Waals surface area (Å²) in [6.07, 6.45) is 1.47. The Bertz CT molecular complexity index is 1370. The van der Waals surface area contributed by atoms with Gasteiger partial charge in [0.15, 0.2) is 5.79 Å². The predicted molar refractivity (Wildman–Crippen MR) is 168 cm³/mol. The third kappa shape index (κ3) is 6.78. The Morgan fingerprint density at radius 2 is 1.48 bits per heavy atom. The number of alkyl halides is 3. The smallest absolute Gasteiger partial charge is 0.348 e. The molecule has 46 heavy (non-hydrogen) atoms. The third-order valence-electron chi connectivity index (χ3n) is 10.9. The zero-order valence-electron chi connectivity index (χ0n) is 27.0. The third-order valence-corrected chi connectivity index (χ3v) is 10.9. The number of likely N-dealkylation sites (tertiary alicyclic amines) is 2. The highest BCUT2D eigenvalue weighted by Gasteiger charge is 2.43. The van der Waals surface area contributed by atoms with Crippen molar-refractivity contribution >= 4 is 11.9 Å². The maximum Gasteiger partial charge on any atom is 0.416 e. The largest absolute Gasteiger partial charge is 0.416 e. The van der Waals surface area contributed by atoms with Gasteiger partial charge in [-0.15, -0.1) is 0 Å². The van der Waals surface area contributed by atoms with Crippen LogP contribution in [-0.2, 0) is 15.7 Å². The van der Waals surface area contributed by atoms with Crippen LogP contribution >= 0.6 is 0 Å². The molecule has 4 aliphatic rings. The Labute approximate surface area is 269 Å². The van der Waals surface area contributed by atoms with Crippen molar-refractivity contribution in [2.75, 3.05) is 53.5 Å². The van der Waals surface area contributed by atoms with Crippen molar-refractivity contribution in [3.63, 3.8) is 0 Å². The number of urea groups is 1. The Hall–Kier alpha value is -3.15. The minimum absolute atomic E-state index is 0.00494. The maximum atomic E-state index is 13.6. The molecule has 3 heterocycles. The van der Waals surface area contributed by atoms with Gasteiger partial charge in [-0.05, 0) is 80.5 Å². The number of carbonyl (C=O) groups excluding carboxylic acids is 2. The number of ether oxygens (including phenoxy) is 2. The molecule has 3 amide bonds. The van der Waals surface area contributed by atoms with Crippen molar-refractivity contribution in [2.45, 2.75) is 75.5 Å². The van der Waals surface area contributed by atoms with Gasteiger partial charge in [-0.3, -0.25) is 4.79 Å². The molecule has 0 radical (unpaired) electrons. The topological polar surface area (TPSA) is 65.6 Å². The lowest BCUT2D eigenvalue weighted by molar-refractivity contribution is -0.183. The summed E-state index contributed by atoms with van der Waals surface area (Å²) in [7, 11) is 3.66. The first-order valence-corrected chi connectivity index (χ1v) is 16.5. The van der Waals surface area contributed by atoms with E-state index in [0.29, 0.717) is 55.8 Å². The fourth-order valence-corrected chi connectivity index (χ4v) is 7.71. The molecule has 1 spiro atoms. The highest BCUT2D eigenvalue weighted by molar-refractivity contribution is 5.95. The minimum Gasteiger partial charge on any atom is -0.348 e. The fourth-order valence-electron chi connectivity index (χ4n) is 7.71. The van der Waals surface area contributed by atoms with Gasteiger partial charge in [0.25, 0.3) is 5.91 Å². The van der Waals surface area contributed by atoms with Crippen LogP contribution in [0.2, 0.25) is 0 Å². The summed E-state index contributed by atoms with van der Waals surface area (Å²) in [5, 5.41) is 0. The van der Waals surface area contributed by atoms with E-state index in [1.54, 1.807) is 36.2 Å². The average Bonchev–Trinajstić information content (AvgIpc) is 3.85. The van der Waals surface area contributed by atoms with Crippen molar-refractivity contribution in [1.82, 2.24) is 19.6 Å². The molecule has 1 saturated carbocycles. The van der Waals surface area contributed by atoms with Gasteiger partial charge in [-0.1, -0.05) is 24.3 Å². The summed E-state index contributed by atoms with van der Waals surface area (Å²) in [4.78, 5) is 34.9. The Balaban J connectivity index is 0.983. The number of likely N-dealkylation sites (N-methyl/N-ethyl adjacent to an activating group) is 1. The van der Waals surface area contributed by atoms with E-state index in [1.165, 1.54) is 12.1 Å². The Kier molecular flexibility index (Phi) is 9.38. The summed E-state index contributed by atoms with van der Waals surface area (Å²) in [6.45, 7) is 6.67. The van der Waals surface area contributed by atoms with Crippen LogP contribution in [0.5, 0.6) is 0 Å². The average molecular weight is 643 g/mol. The molecule has 2 aromatic carbocycles. The molecule has 6 rings (SSSR count). The van der Waals surface area contributed by atoms with Gasteiger partial charge < -0.3 is 29.1 Å². The zero-order valence-corrected chi connectivity index (χ0v) is 27.0. The van der Waals surface area contributed by atoms with E-state index in [2.05, 4.69) is 11.8 Å². The molecular formula is C35H45F3N4O4. The molecule has 0 bridgehead atoms. The molecule has 3 atom stereocenters. The van der Waals surface area contributed by atoms with E-state index in [1.807, 2.05) is 16.8 Å². The second-order valence-electron chi connectivity index (χ2n) is 13.5. The summed E-state index contributed by atoms with van der Waals surface area (Å²) >= 11 is 0. The van der Waals surface area contributed by atoms with Crippen LogP contribution in [0.15, 0.2) is 48.5 Å². The monoisotopic (exact) mass is 642 g/mol. The molecule has 11 heteroatoms. The number of nitrogens with zero attached hydrogens (tertiary/aromatic N) is 4. The lowest BCUT2D eigenvalue weighted by Crippen LogP contribution is -2.49.